The van der Waals surface area contributed by atoms with Crippen molar-refractivity contribution >= 4 is 39.1 Å². The van der Waals surface area contributed by atoms with E-state index in [-0.39, 0.29) is 6.04 Å². The van der Waals surface area contributed by atoms with Crippen molar-refractivity contribution < 1.29 is 0 Å². The first kappa shape index (κ1) is 16.8. The molecule has 0 fully saturated rings. The number of hydrogen-bond acceptors (Lipinski definition) is 2. The summed E-state index contributed by atoms with van der Waals surface area (Å²) in [5.74, 6) is 0. The third kappa shape index (κ3) is 3.81. The van der Waals surface area contributed by atoms with Crippen LogP contribution >= 0.6 is 39.1 Å². The molecule has 114 valence electrons. The van der Waals surface area contributed by atoms with Gasteiger partial charge in [-0.3, -0.25) is 4.68 Å². The van der Waals surface area contributed by atoms with Gasteiger partial charge < -0.3 is 5.32 Å². The number of halogens is 3. The van der Waals surface area contributed by atoms with Gasteiger partial charge in [-0.1, -0.05) is 52.1 Å². The van der Waals surface area contributed by atoms with Crippen molar-refractivity contribution in [1.29, 1.82) is 0 Å². The molecule has 1 atom stereocenters. The average Bonchev–Trinajstić information content (AvgIpc) is 2.82. The van der Waals surface area contributed by atoms with Gasteiger partial charge in [-0.15, -0.1) is 0 Å². The van der Waals surface area contributed by atoms with Crippen molar-refractivity contribution in [3.63, 3.8) is 0 Å². The second-order valence-electron chi connectivity index (χ2n) is 4.75. The lowest BCUT2D eigenvalue weighted by Gasteiger charge is -2.22. The summed E-state index contributed by atoms with van der Waals surface area (Å²) in [6, 6.07) is 5.84. The predicted octanol–water partition coefficient (Wildman–Crippen LogP) is 5.06. The van der Waals surface area contributed by atoms with E-state index in [9.17, 15) is 0 Å². The molecular weight excluding hydrogens is 373 g/mol. The molecule has 1 heterocycles. The van der Waals surface area contributed by atoms with Crippen molar-refractivity contribution in [1.82, 2.24) is 15.1 Å². The number of hydrogen-bond donors (Lipinski definition) is 1. The van der Waals surface area contributed by atoms with Crippen LogP contribution in [0.15, 0.2) is 28.9 Å². The molecule has 1 aromatic heterocycles. The van der Waals surface area contributed by atoms with Crippen LogP contribution in [0.4, 0.5) is 0 Å². The van der Waals surface area contributed by atoms with E-state index in [1.54, 1.807) is 6.20 Å². The van der Waals surface area contributed by atoms with Crippen molar-refractivity contribution in [2.45, 2.75) is 32.9 Å². The number of aromatic nitrogens is 2. The fourth-order valence-corrected chi connectivity index (χ4v) is 3.32. The summed E-state index contributed by atoms with van der Waals surface area (Å²) in [4.78, 5) is 0. The van der Waals surface area contributed by atoms with Crippen LogP contribution in [0.25, 0.3) is 0 Å². The molecule has 1 N–H and O–H groups in total. The van der Waals surface area contributed by atoms with Crippen molar-refractivity contribution in [3.8, 4) is 0 Å². The Morgan fingerprint density at radius 3 is 2.67 bits per heavy atom. The highest BCUT2D eigenvalue weighted by Gasteiger charge is 2.23. The summed E-state index contributed by atoms with van der Waals surface area (Å²) < 4.78 is 2.87. The van der Waals surface area contributed by atoms with Gasteiger partial charge in [0.15, 0.2) is 0 Å². The van der Waals surface area contributed by atoms with Gasteiger partial charge in [0.05, 0.1) is 23.0 Å². The molecule has 0 saturated heterocycles. The summed E-state index contributed by atoms with van der Waals surface area (Å²) in [7, 11) is 0. The summed E-state index contributed by atoms with van der Waals surface area (Å²) in [5, 5.41) is 9.21. The van der Waals surface area contributed by atoms with Gasteiger partial charge in [-0.25, -0.2) is 0 Å². The van der Waals surface area contributed by atoms with Crippen LogP contribution in [0, 0.1) is 0 Å². The highest BCUT2D eigenvalue weighted by atomic mass is 79.9. The molecule has 0 aliphatic heterocycles. The zero-order chi connectivity index (χ0) is 15.4. The Morgan fingerprint density at radius 1 is 1.29 bits per heavy atom. The second-order valence-corrected chi connectivity index (χ2v) is 6.48. The molecule has 3 nitrogen and oxygen atoms in total. The molecule has 0 aliphatic rings. The van der Waals surface area contributed by atoms with Crippen LogP contribution in [-0.2, 0) is 6.54 Å². The zero-order valence-corrected chi connectivity index (χ0v) is 15.1. The Labute approximate surface area is 143 Å². The van der Waals surface area contributed by atoms with Crippen LogP contribution < -0.4 is 5.32 Å². The fourth-order valence-electron chi connectivity index (χ4n) is 2.29. The molecule has 0 amide bonds. The molecule has 1 unspecified atom stereocenters. The lowest BCUT2D eigenvalue weighted by Crippen LogP contribution is -2.26. The molecule has 0 bridgehead atoms. The van der Waals surface area contributed by atoms with Crippen LogP contribution in [-0.4, -0.2) is 16.3 Å². The minimum Gasteiger partial charge on any atom is -0.305 e. The normalized spacial score (nSPS) is 12.6. The highest BCUT2D eigenvalue weighted by Crippen LogP contribution is 2.33. The molecular formula is C15H18BrCl2N3. The number of nitrogens with zero attached hydrogens (tertiary/aromatic N) is 2. The number of rotatable bonds is 6. The van der Waals surface area contributed by atoms with E-state index in [4.69, 9.17) is 23.2 Å². The predicted molar refractivity (Wildman–Crippen MR) is 92.2 cm³/mol. The van der Waals surface area contributed by atoms with Gasteiger partial charge in [0.1, 0.15) is 0 Å². The minimum atomic E-state index is -0.0690. The first-order valence-corrected chi connectivity index (χ1v) is 8.52. The van der Waals surface area contributed by atoms with Gasteiger partial charge in [0, 0.05) is 16.0 Å². The maximum Gasteiger partial charge on any atom is 0.0837 e. The lowest BCUT2D eigenvalue weighted by atomic mass is 10.0. The zero-order valence-electron chi connectivity index (χ0n) is 12.0. The van der Waals surface area contributed by atoms with Crippen LogP contribution in [0.3, 0.4) is 0 Å². The molecule has 21 heavy (non-hydrogen) atoms. The number of benzene rings is 1. The smallest absolute Gasteiger partial charge is 0.0837 e. The SMILES string of the molecule is CCCNC(c1ccc(Br)cc1Cl)c1c(Cl)cnn1CC. The average molecular weight is 391 g/mol. The Hall–Kier alpha value is -0.550. The van der Waals surface area contributed by atoms with E-state index in [1.807, 2.05) is 29.8 Å². The Kier molecular flexibility index (Phi) is 6.11. The van der Waals surface area contributed by atoms with Gasteiger partial charge in [0.25, 0.3) is 0 Å². The Morgan fingerprint density at radius 2 is 2.05 bits per heavy atom. The summed E-state index contributed by atoms with van der Waals surface area (Å²) in [6.07, 6.45) is 2.72. The molecule has 2 aromatic rings. The van der Waals surface area contributed by atoms with Crippen molar-refractivity contribution in [2.24, 2.45) is 0 Å². The largest absolute Gasteiger partial charge is 0.305 e. The van der Waals surface area contributed by atoms with Crippen molar-refractivity contribution in [2.75, 3.05) is 6.54 Å². The summed E-state index contributed by atoms with van der Waals surface area (Å²) >= 11 is 16.2. The van der Waals surface area contributed by atoms with Crippen LogP contribution in [0.2, 0.25) is 10.0 Å². The fraction of sp³-hybridized carbons (Fsp3) is 0.400. The molecule has 0 spiro atoms. The van der Waals surface area contributed by atoms with E-state index in [2.05, 4.69) is 33.3 Å². The number of aryl methyl sites for hydroxylation is 1. The van der Waals surface area contributed by atoms with Gasteiger partial charge >= 0.3 is 0 Å². The first-order chi connectivity index (χ1) is 10.1. The van der Waals surface area contributed by atoms with Gasteiger partial charge in [0.2, 0.25) is 0 Å². The molecule has 0 radical (unpaired) electrons. The quantitative estimate of drug-likeness (QED) is 0.746. The van der Waals surface area contributed by atoms with Gasteiger partial charge in [-0.05, 0) is 37.6 Å². The van der Waals surface area contributed by atoms with E-state index >= 15 is 0 Å². The summed E-state index contributed by atoms with van der Waals surface area (Å²) in [5.41, 5.74) is 1.96. The molecule has 1 aromatic carbocycles. The standard InChI is InChI=1S/C15H18BrCl2N3/c1-3-7-19-14(11-6-5-10(16)8-12(11)17)15-13(18)9-20-21(15)4-2/h5-6,8-9,14,19H,3-4,7H2,1-2H3. The minimum absolute atomic E-state index is 0.0690. The molecule has 6 heteroatoms. The highest BCUT2D eigenvalue weighted by molar-refractivity contribution is 9.10. The Bertz CT molecular complexity index is 613. The maximum absolute atomic E-state index is 6.43. The van der Waals surface area contributed by atoms with Crippen molar-refractivity contribution in [3.05, 3.63) is 50.2 Å². The first-order valence-electron chi connectivity index (χ1n) is 6.98. The van der Waals surface area contributed by atoms with E-state index < -0.39 is 0 Å². The Balaban J connectivity index is 2.49. The third-order valence-electron chi connectivity index (χ3n) is 3.28. The topological polar surface area (TPSA) is 29.9 Å². The molecule has 2 rings (SSSR count). The second kappa shape index (κ2) is 7.63. The lowest BCUT2D eigenvalue weighted by molar-refractivity contribution is 0.530. The van der Waals surface area contributed by atoms with E-state index in [0.29, 0.717) is 10.0 Å². The van der Waals surface area contributed by atoms with E-state index in [1.165, 1.54) is 0 Å². The maximum atomic E-state index is 6.43. The summed E-state index contributed by atoms with van der Waals surface area (Å²) in [6.45, 7) is 5.82. The molecule has 0 aliphatic carbocycles. The van der Waals surface area contributed by atoms with Crippen LogP contribution in [0.5, 0.6) is 0 Å². The monoisotopic (exact) mass is 389 g/mol. The number of nitrogens with one attached hydrogen (secondary N) is 1. The van der Waals surface area contributed by atoms with Gasteiger partial charge in [-0.2, -0.15) is 5.10 Å². The molecule has 0 saturated carbocycles. The third-order valence-corrected chi connectivity index (χ3v) is 4.39. The van der Waals surface area contributed by atoms with E-state index in [0.717, 1.165) is 35.2 Å². The van der Waals surface area contributed by atoms with Crippen LogP contribution in [0.1, 0.15) is 37.6 Å².